The van der Waals surface area contributed by atoms with Crippen LogP contribution in [0.4, 0.5) is 0 Å². The van der Waals surface area contributed by atoms with Crippen LogP contribution in [0.15, 0.2) is 36.5 Å². The Labute approximate surface area is 112 Å². The number of pyridine rings is 1. The Morgan fingerprint density at radius 1 is 1.28 bits per heavy atom. The van der Waals surface area contributed by atoms with E-state index >= 15 is 0 Å². The van der Waals surface area contributed by atoms with E-state index in [2.05, 4.69) is 10.3 Å². The lowest BCUT2D eigenvalue weighted by molar-refractivity contribution is 0.459. The summed E-state index contributed by atoms with van der Waals surface area (Å²) in [5.74, 6) is 1.36. The van der Waals surface area contributed by atoms with Crippen molar-refractivity contribution in [3.8, 4) is 11.6 Å². The summed E-state index contributed by atoms with van der Waals surface area (Å²) in [7, 11) is 1.90. The van der Waals surface area contributed by atoms with Crippen LogP contribution in [-0.2, 0) is 6.54 Å². The van der Waals surface area contributed by atoms with E-state index in [1.807, 2.05) is 38.2 Å². The van der Waals surface area contributed by atoms with Gasteiger partial charge in [-0.1, -0.05) is 17.7 Å². The lowest BCUT2D eigenvalue weighted by Crippen LogP contribution is -2.05. The average Bonchev–Trinajstić information content (AvgIpc) is 2.35. The van der Waals surface area contributed by atoms with Crippen LogP contribution in [0.5, 0.6) is 11.6 Å². The maximum absolute atomic E-state index is 5.90. The molecule has 0 atom stereocenters. The second-order valence-corrected chi connectivity index (χ2v) is 4.48. The predicted molar refractivity (Wildman–Crippen MR) is 73.3 cm³/mol. The molecule has 94 valence electrons. The SMILES string of the molecule is CNCc1ccc(Oc2ccc(Cl)cc2C)nc1. The van der Waals surface area contributed by atoms with E-state index in [0.717, 1.165) is 23.4 Å². The van der Waals surface area contributed by atoms with Crippen molar-refractivity contribution in [3.63, 3.8) is 0 Å². The van der Waals surface area contributed by atoms with Crippen molar-refractivity contribution in [1.29, 1.82) is 0 Å². The third-order valence-electron chi connectivity index (χ3n) is 2.53. The third-order valence-corrected chi connectivity index (χ3v) is 2.77. The van der Waals surface area contributed by atoms with Gasteiger partial charge in [-0.05, 0) is 43.3 Å². The highest BCUT2D eigenvalue weighted by Gasteiger charge is 2.03. The number of nitrogens with zero attached hydrogens (tertiary/aromatic N) is 1. The molecule has 0 aliphatic rings. The van der Waals surface area contributed by atoms with Crippen LogP contribution >= 0.6 is 11.6 Å². The van der Waals surface area contributed by atoms with Crippen LogP contribution in [0.3, 0.4) is 0 Å². The molecule has 1 aromatic carbocycles. The van der Waals surface area contributed by atoms with Gasteiger partial charge in [0.1, 0.15) is 5.75 Å². The second-order valence-electron chi connectivity index (χ2n) is 4.05. The first-order valence-electron chi connectivity index (χ1n) is 5.72. The third kappa shape index (κ3) is 3.22. The smallest absolute Gasteiger partial charge is 0.219 e. The maximum Gasteiger partial charge on any atom is 0.219 e. The van der Waals surface area contributed by atoms with Crippen LogP contribution in [-0.4, -0.2) is 12.0 Å². The Bertz CT molecular complexity index is 526. The molecule has 0 aliphatic carbocycles. The first-order chi connectivity index (χ1) is 8.69. The molecule has 0 spiro atoms. The fourth-order valence-electron chi connectivity index (χ4n) is 1.62. The molecular formula is C14H15ClN2O. The van der Waals surface area contributed by atoms with Crippen LogP contribution in [0.1, 0.15) is 11.1 Å². The molecule has 2 rings (SSSR count). The number of benzene rings is 1. The van der Waals surface area contributed by atoms with E-state index in [1.54, 1.807) is 12.3 Å². The fourth-order valence-corrected chi connectivity index (χ4v) is 1.85. The number of rotatable bonds is 4. The first kappa shape index (κ1) is 12.9. The van der Waals surface area contributed by atoms with Gasteiger partial charge < -0.3 is 10.1 Å². The normalized spacial score (nSPS) is 10.4. The number of halogens is 1. The molecule has 0 unspecified atom stereocenters. The monoisotopic (exact) mass is 262 g/mol. The van der Waals surface area contributed by atoms with Crippen molar-refractivity contribution in [2.24, 2.45) is 0 Å². The van der Waals surface area contributed by atoms with Gasteiger partial charge in [0, 0.05) is 23.8 Å². The summed E-state index contributed by atoms with van der Waals surface area (Å²) in [4.78, 5) is 4.26. The van der Waals surface area contributed by atoms with E-state index < -0.39 is 0 Å². The van der Waals surface area contributed by atoms with E-state index in [0.29, 0.717) is 10.9 Å². The molecule has 3 nitrogen and oxygen atoms in total. The summed E-state index contributed by atoms with van der Waals surface area (Å²) in [6, 6.07) is 9.37. The topological polar surface area (TPSA) is 34.1 Å². The Hall–Kier alpha value is -1.58. The van der Waals surface area contributed by atoms with Crippen molar-refractivity contribution in [2.45, 2.75) is 13.5 Å². The van der Waals surface area contributed by atoms with Gasteiger partial charge in [-0.15, -0.1) is 0 Å². The van der Waals surface area contributed by atoms with Crippen molar-refractivity contribution >= 4 is 11.6 Å². The summed E-state index contributed by atoms with van der Waals surface area (Å²) in [5.41, 5.74) is 2.11. The standard InChI is InChI=1S/C14H15ClN2O/c1-10-7-12(15)4-5-13(10)18-14-6-3-11(8-16-2)9-17-14/h3-7,9,16H,8H2,1-2H3. The number of aromatic nitrogens is 1. The quantitative estimate of drug-likeness (QED) is 0.915. The van der Waals surface area contributed by atoms with Gasteiger partial charge in [-0.3, -0.25) is 0 Å². The van der Waals surface area contributed by atoms with E-state index in [-0.39, 0.29) is 0 Å². The molecule has 0 amide bonds. The Morgan fingerprint density at radius 3 is 2.72 bits per heavy atom. The maximum atomic E-state index is 5.90. The van der Waals surface area contributed by atoms with Crippen LogP contribution in [0, 0.1) is 6.92 Å². The molecule has 0 radical (unpaired) electrons. The van der Waals surface area contributed by atoms with Gasteiger partial charge in [-0.25, -0.2) is 4.98 Å². The van der Waals surface area contributed by atoms with Crippen LogP contribution in [0.25, 0.3) is 0 Å². The highest BCUT2D eigenvalue weighted by molar-refractivity contribution is 6.30. The predicted octanol–water partition coefficient (Wildman–Crippen LogP) is 3.56. The Kier molecular flexibility index (Phi) is 4.18. The number of aryl methyl sites for hydroxylation is 1. The molecule has 0 saturated carbocycles. The Morgan fingerprint density at radius 2 is 2.11 bits per heavy atom. The van der Waals surface area contributed by atoms with Crippen LogP contribution in [0.2, 0.25) is 5.02 Å². The molecule has 0 fully saturated rings. The number of nitrogens with one attached hydrogen (secondary N) is 1. The molecule has 0 saturated heterocycles. The highest BCUT2D eigenvalue weighted by atomic mass is 35.5. The van der Waals surface area contributed by atoms with Crippen molar-refractivity contribution in [3.05, 3.63) is 52.7 Å². The molecule has 4 heteroatoms. The molecule has 18 heavy (non-hydrogen) atoms. The largest absolute Gasteiger partial charge is 0.439 e. The molecular weight excluding hydrogens is 248 g/mol. The number of ether oxygens (including phenoxy) is 1. The minimum Gasteiger partial charge on any atom is -0.439 e. The summed E-state index contributed by atoms with van der Waals surface area (Å²) < 4.78 is 5.71. The van der Waals surface area contributed by atoms with E-state index in [1.165, 1.54) is 0 Å². The summed E-state index contributed by atoms with van der Waals surface area (Å²) in [6.45, 7) is 2.75. The molecule has 1 heterocycles. The van der Waals surface area contributed by atoms with Gasteiger partial charge in [0.25, 0.3) is 0 Å². The van der Waals surface area contributed by atoms with Crippen LogP contribution < -0.4 is 10.1 Å². The van der Waals surface area contributed by atoms with Gasteiger partial charge in [0.05, 0.1) is 0 Å². The van der Waals surface area contributed by atoms with Gasteiger partial charge in [-0.2, -0.15) is 0 Å². The zero-order valence-electron chi connectivity index (χ0n) is 10.4. The van der Waals surface area contributed by atoms with Gasteiger partial charge in [0.2, 0.25) is 5.88 Å². The zero-order valence-corrected chi connectivity index (χ0v) is 11.2. The summed E-state index contributed by atoms with van der Waals surface area (Å²) >= 11 is 5.90. The van der Waals surface area contributed by atoms with Gasteiger partial charge in [0.15, 0.2) is 0 Å². The lowest BCUT2D eigenvalue weighted by Gasteiger charge is -2.08. The first-order valence-corrected chi connectivity index (χ1v) is 6.10. The highest BCUT2D eigenvalue weighted by Crippen LogP contribution is 2.26. The molecule has 0 aliphatic heterocycles. The fraction of sp³-hybridized carbons (Fsp3) is 0.214. The summed E-state index contributed by atoms with van der Waals surface area (Å²) in [6.07, 6.45) is 1.80. The van der Waals surface area contributed by atoms with E-state index in [4.69, 9.17) is 16.3 Å². The lowest BCUT2D eigenvalue weighted by atomic mass is 10.2. The molecule has 0 bridgehead atoms. The van der Waals surface area contributed by atoms with Crippen molar-refractivity contribution < 1.29 is 4.74 Å². The van der Waals surface area contributed by atoms with Gasteiger partial charge >= 0.3 is 0 Å². The molecule has 2 aromatic rings. The molecule has 1 N–H and O–H groups in total. The number of hydrogen-bond donors (Lipinski definition) is 1. The minimum atomic E-state index is 0.584. The van der Waals surface area contributed by atoms with Crippen molar-refractivity contribution in [1.82, 2.24) is 10.3 Å². The average molecular weight is 263 g/mol. The Balaban J connectivity index is 2.13. The zero-order chi connectivity index (χ0) is 13.0. The van der Waals surface area contributed by atoms with Crippen molar-refractivity contribution in [2.75, 3.05) is 7.05 Å². The second kappa shape index (κ2) is 5.85. The van der Waals surface area contributed by atoms with E-state index in [9.17, 15) is 0 Å². The number of hydrogen-bond acceptors (Lipinski definition) is 3. The summed E-state index contributed by atoms with van der Waals surface area (Å²) in [5, 5.41) is 3.78. The molecule has 1 aromatic heterocycles. The minimum absolute atomic E-state index is 0.584.